The van der Waals surface area contributed by atoms with Crippen LogP contribution in [0, 0.1) is 35.2 Å². The summed E-state index contributed by atoms with van der Waals surface area (Å²) in [6.45, 7) is 4.18. The Hall–Kier alpha value is -2.32. The molecule has 0 heterocycles. The van der Waals surface area contributed by atoms with Crippen LogP contribution in [0.5, 0.6) is 5.75 Å². The minimum Gasteiger partial charge on any atom is -0.426 e. The third-order valence-corrected chi connectivity index (χ3v) is 9.49. The van der Waals surface area contributed by atoms with Crippen LogP contribution in [0.3, 0.4) is 0 Å². The summed E-state index contributed by atoms with van der Waals surface area (Å²) < 4.78 is 122. The maximum atomic E-state index is 15.2. The zero-order chi connectivity index (χ0) is 30.7. The molecule has 0 unspecified atom stereocenters. The SMILES string of the molecule is CCCC1CCC(c2ccc(OC(F)(F)c3ccc(CCC4CCC(CC)CC4)c(C(F)(F)F)c3F)c(F)c2F)CC1. The summed E-state index contributed by atoms with van der Waals surface area (Å²) in [4.78, 5) is 0. The minimum absolute atomic E-state index is 0.0520. The van der Waals surface area contributed by atoms with Crippen LogP contribution in [0.4, 0.5) is 35.1 Å². The molecule has 2 aliphatic carbocycles. The predicted octanol–water partition coefficient (Wildman–Crippen LogP) is 11.5. The van der Waals surface area contributed by atoms with Crippen molar-refractivity contribution in [2.24, 2.45) is 17.8 Å². The Morgan fingerprint density at radius 3 is 1.88 bits per heavy atom. The first-order valence-corrected chi connectivity index (χ1v) is 15.3. The highest BCUT2D eigenvalue weighted by Crippen LogP contribution is 2.44. The molecule has 0 atom stereocenters. The van der Waals surface area contributed by atoms with Gasteiger partial charge in [-0.1, -0.05) is 70.9 Å². The highest BCUT2D eigenvalue weighted by Gasteiger charge is 2.45. The molecule has 2 saturated carbocycles. The Morgan fingerprint density at radius 1 is 0.690 bits per heavy atom. The third-order valence-electron chi connectivity index (χ3n) is 9.49. The first-order chi connectivity index (χ1) is 19.9. The molecule has 9 heteroatoms. The highest BCUT2D eigenvalue weighted by atomic mass is 19.4. The highest BCUT2D eigenvalue weighted by molar-refractivity contribution is 5.39. The Labute approximate surface area is 243 Å². The molecule has 0 radical (unpaired) electrons. The van der Waals surface area contributed by atoms with Gasteiger partial charge in [-0.25, -0.2) is 8.78 Å². The van der Waals surface area contributed by atoms with Gasteiger partial charge in [0.2, 0.25) is 5.82 Å². The number of hydrogen-bond acceptors (Lipinski definition) is 1. The van der Waals surface area contributed by atoms with Crippen LogP contribution in [0.25, 0.3) is 0 Å². The van der Waals surface area contributed by atoms with Gasteiger partial charge in [0, 0.05) is 0 Å². The zero-order valence-corrected chi connectivity index (χ0v) is 24.2. The smallest absolute Gasteiger partial charge is 0.426 e. The second-order valence-corrected chi connectivity index (χ2v) is 12.2. The lowest BCUT2D eigenvalue weighted by molar-refractivity contribution is -0.190. The van der Waals surface area contributed by atoms with Gasteiger partial charge in [-0.05, 0) is 85.5 Å². The van der Waals surface area contributed by atoms with Crippen LogP contribution in [0.1, 0.15) is 119 Å². The van der Waals surface area contributed by atoms with E-state index in [1.807, 2.05) is 0 Å². The monoisotopic (exact) mass is 604 g/mol. The Bertz CT molecular complexity index is 1190. The standard InChI is InChI=1S/C33H40F8O/c1-3-5-21-10-13-23(14-11-21)25-17-19-27(31(36)29(25)34)42-33(40,41)26-18-16-24(28(30(26)35)32(37,38)39)15-12-22-8-6-20(4-2)7-9-22/h16-23H,3-15H2,1-2H3. The molecule has 2 aromatic carbocycles. The van der Waals surface area contributed by atoms with Crippen molar-refractivity contribution in [1.29, 1.82) is 0 Å². The number of halogens is 8. The first kappa shape index (κ1) is 32.6. The van der Waals surface area contributed by atoms with E-state index in [1.165, 1.54) is 6.07 Å². The fraction of sp³-hybridized carbons (Fsp3) is 0.636. The normalized spacial score (nSPS) is 23.7. The van der Waals surface area contributed by atoms with Gasteiger partial charge in [0.1, 0.15) is 11.4 Å². The van der Waals surface area contributed by atoms with Crippen LogP contribution in [0.15, 0.2) is 24.3 Å². The van der Waals surface area contributed by atoms with Crippen molar-refractivity contribution in [1.82, 2.24) is 0 Å². The number of ether oxygens (including phenoxy) is 1. The maximum absolute atomic E-state index is 15.2. The lowest BCUT2D eigenvalue weighted by Gasteiger charge is -2.29. The van der Waals surface area contributed by atoms with Crippen LogP contribution < -0.4 is 4.74 Å². The second kappa shape index (κ2) is 13.5. The van der Waals surface area contributed by atoms with E-state index in [-0.39, 0.29) is 23.8 Å². The summed E-state index contributed by atoms with van der Waals surface area (Å²) in [7, 11) is 0. The van der Waals surface area contributed by atoms with Crippen LogP contribution in [0.2, 0.25) is 0 Å². The molecule has 4 rings (SSSR count). The van der Waals surface area contributed by atoms with Crippen molar-refractivity contribution in [3.8, 4) is 5.75 Å². The fourth-order valence-electron chi connectivity index (χ4n) is 6.95. The molecule has 2 aliphatic rings. The van der Waals surface area contributed by atoms with E-state index in [0.717, 1.165) is 69.9 Å². The van der Waals surface area contributed by atoms with Gasteiger partial charge in [-0.15, -0.1) is 0 Å². The summed E-state index contributed by atoms with van der Waals surface area (Å²) in [6, 6.07) is 3.39. The van der Waals surface area contributed by atoms with E-state index < -0.39 is 52.2 Å². The average Bonchev–Trinajstić information content (AvgIpc) is 2.94. The van der Waals surface area contributed by atoms with Crippen molar-refractivity contribution in [3.63, 3.8) is 0 Å². The third kappa shape index (κ3) is 7.42. The van der Waals surface area contributed by atoms with E-state index in [0.29, 0.717) is 37.2 Å². The Balaban J connectivity index is 1.52. The predicted molar refractivity (Wildman–Crippen MR) is 146 cm³/mol. The maximum Gasteiger partial charge on any atom is 0.429 e. The van der Waals surface area contributed by atoms with Crippen molar-refractivity contribution < 1.29 is 39.9 Å². The number of rotatable bonds is 10. The van der Waals surface area contributed by atoms with E-state index in [9.17, 15) is 22.0 Å². The van der Waals surface area contributed by atoms with Crippen molar-refractivity contribution >= 4 is 0 Å². The van der Waals surface area contributed by atoms with Gasteiger partial charge in [0.25, 0.3) is 0 Å². The van der Waals surface area contributed by atoms with Gasteiger partial charge in [0.15, 0.2) is 11.6 Å². The summed E-state index contributed by atoms with van der Waals surface area (Å²) in [5.41, 5.74) is -3.81. The van der Waals surface area contributed by atoms with Crippen molar-refractivity contribution in [2.45, 2.75) is 116 Å². The van der Waals surface area contributed by atoms with E-state index >= 15 is 13.2 Å². The molecule has 0 N–H and O–H groups in total. The summed E-state index contributed by atoms with van der Waals surface area (Å²) >= 11 is 0. The average molecular weight is 605 g/mol. The summed E-state index contributed by atoms with van der Waals surface area (Å²) in [5, 5.41) is 0. The van der Waals surface area contributed by atoms with E-state index in [4.69, 9.17) is 0 Å². The van der Waals surface area contributed by atoms with Crippen LogP contribution >= 0.6 is 0 Å². The molecule has 2 aromatic rings. The summed E-state index contributed by atoms with van der Waals surface area (Å²) in [6.07, 6.45) is 0.188. The second-order valence-electron chi connectivity index (χ2n) is 12.2. The Kier molecular flexibility index (Phi) is 10.5. The molecule has 42 heavy (non-hydrogen) atoms. The van der Waals surface area contributed by atoms with Gasteiger partial charge in [-0.2, -0.15) is 26.3 Å². The van der Waals surface area contributed by atoms with E-state index in [2.05, 4.69) is 18.6 Å². The molecule has 0 saturated heterocycles. The molecule has 0 amide bonds. The number of aryl methyl sites for hydroxylation is 1. The van der Waals surface area contributed by atoms with Crippen molar-refractivity contribution in [2.75, 3.05) is 0 Å². The van der Waals surface area contributed by atoms with E-state index in [1.54, 1.807) is 0 Å². The van der Waals surface area contributed by atoms with Crippen molar-refractivity contribution in [3.05, 3.63) is 64.0 Å². The fourth-order valence-corrected chi connectivity index (χ4v) is 6.95. The minimum atomic E-state index is -5.24. The number of hydrogen-bond donors (Lipinski definition) is 0. The topological polar surface area (TPSA) is 9.23 Å². The molecular weight excluding hydrogens is 564 g/mol. The molecule has 1 nitrogen and oxygen atoms in total. The molecule has 234 valence electrons. The largest absolute Gasteiger partial charge is 0.429 e. The van der Waals surface area contributed by atoms with Gasteiger partial charge in [0.05, 0.1) is 5.56 Å². The molecule has 0 aliphatic heterocycles. The molecule has 2 fully saturated rings. The molecule has 0 bridgehead atoms. The molecule has 0 aromatic heterocycles. The Morgan fingerprint density at radius 2 is 1.29 bits per heavy atom. The van der Waals surface area contributed by atoms with Gasteiger partial charge >= 0.3 is 12.3 Å². The molecule has 0 spiro atoms. The lowest BCUT2D eigenvalue weighted by atomic mass is 9.77. The van der Waals surface area contributed by atoms with Crippen LogP contribution in [-0.4, -0.2) is 0 Å². The number of alkyl halides is 5. The van der Waals surface area contributed by atoms with Crippen LogP contribution in [-0.2, 0) is 18.7 Å². The van der Waals surface area contributed by atoms with Gasteiger partial charge < -0.3 is 4.74 Å². The lowest BCUT2D eigenvalue weighted by Crippen LogP contribution is -2.27. The first-order valence-electron chi connectivity index (χ1n) is 15.3. The number of benzene rings is 2. The van der Waals surface area contributed by atoms with Gasteiger partial charge in [-0.3, -0.25) is 0 Å². The quantitative estimate of drug-likeness (QED) is 0.245. The summed E-state index contributed by atoms with van der Waals surface area (Å²) in [5.74, 6) is -5.33. The molecular formula is C33H40F8O. The zero-order valence-electron chi connectivity index (χ0n) is 24.2.